The number of benzene rings is 3. The molecule has 0 aromatic heterocycles. The summed E-state index contributed by atoms with van der Waals surface area (Å²) in [5.74, 6) is 0.132. The maximum atomic E-state index is 12.7. The molecule has 3 aromatic rings. The molecule has 1 saturated heterocycles. The minimum Gasteiger partial charge on any atom is -0.388 e. The van der Waals surface area contributed by atoms with Gasteiger partial charge in [-0.2, -0.15) is 0 Å². The highest BCUT2D eigenvalue weighted by Crippen LogP contribution is 2.30. The highest BCUT2D eigenvalue weighted by Gasteiger charge is 2.28. The third-order valence-electron chi connectivity index (χ3n) is 5.82. The SMILES string of the molecule is O=C(Nc1ccccc1)Nc1cccc(NC(=O)N2CCC(C(O)c3ccccc3)CC2)c1. The van der Waals surface area contributed by atoms with Gasteiger partial charge in [0.05, 0.1) is 6.10 Å². The molecule has 4 amide bonds. The topological polar surface area (TPSA) is 93.7 Å². The summed E-state index contributed by atoms with van der Waals surface area (Å²) in [4.78, 5) is 26.7. The van der Waals surface area contributed by atoms with Crippen molar-refractivity contribution >= 4 is 29.1 Å². The maximum Gasteiger partial charge on any atom is 0.323 e. The van der Waals surface area contributed by atoms with Crippen molar-refractivity contribution < 1.29 is 14.7 Å². The van der Waals surface area contributed by atoms with Crippen LogP contribution in [0.1, 0.15) is 24.5 Å². The summed E-state index contributed by atoms with van der Waals surface area (Å²) in [5, 5.41) is 19.1. The Labute approximate surface area is 193 Å². The van der Waals surface area contributed by atoms with E-state index in [0.29, 0.717) is 30.2 Å². The Morgan fingerprint density at radius 3 is 1.97 bits per heavy atom. The molecule has 1 heterocycles. The Morgan fingerprint density at radius 1 is 0.758 bits per heavy atom. The number of anilines is 3. The van der Waals surface area contributed by atoms with Crippen molar-refractivity contribution in [1.29, 1.82) is 0 Å². The number of hydrogen-bond acceptors (Lipinski definition) is 3. The minimum absolute atomic E-state index is 0.132. The summed E-state index contributed by atoms with van der Waals surface area (Å²) in [6.07, 6.45) is 0.969. The van der Waals surface area contributed by atoms with Crippen LogP contribution in [0, 0.1) is 5.92 Å². The van der Waals surface area contributed by atoms with Gasteiger partial charge in [0.15, 0.2) is 0 Å². The lowest BCUT2D eigenvalue weighted by Gasteiger charge is -2.34. The number of para-hydroxylation sites is 1. The molecule has 4 N–H and O–H groups in total. The van der Waals surface area contributed by atoms with Crippen LogP contribution in [0.5, 0.6) is 0 Å². The number of nitrogens with one attached hydrogen (secondary N) is 3. The van der Waals surface area contributed by atoms with E-state index in [0.717, 1.165) is 18.4 Å². The van der Waals surface area contributed by atoms with E-state index in [9.17, 15) is 14.7 Å². The second kappa shape index (κ2) is 10.7. The summed E-state index contributed by atoms with van der Waals surface area (Å²) in [6.45, 7) is 1.16. The van der Waals surface area contributed by atoms with Crippen LogP contribution in [0.15, 0.2) is 84.9 Å². The number of piperidine rings is 1. The molecule has 1 aliphatic heterocycles. The lowest BCUT2D eigenvalue weighted by Crippen LogP contribution is -2.42. The number of carbonyl (C=O) groups excluding carboxylic acids is 2. The van der Waals surface area contributed by atoms with Crippen molar-refractivity contribution in [2.45, 2.75) is 18.9 Å². The number of rotatable bonds is 5. The number of aliphatic hydroxyl groups is 1. The molecular formula is C26H28N4O3. The van der Waals surface area contributed by atoms with Crippen LogP contribution in [0.2, 0.25) is 0 Å². The monoisotopic (exact) mass is 444 g/mol. The third kappa shape index (κ3) is 6.11. The Bertz CT molecular complexity index is 1070. The van der Waals surface area contributed by atoms with Crippen molar-refractivity contribution in [3.63, 3.8) is 0 Å². The van der Waals surface area contributed by atoms with E-state index in [1.165, 1.54) is 0 Å². The predicted octanol–water partition coefficient (Wildman–Crippen LogP) is 5.31. The van der Waals surface area contributed by atoms with Crippen LogP contribution in [0.3, 0.4) is 0 Å². The molecular weight excluding hydrogens is 416 g/mol. The van der Waals surface area contributed by atoms with Crippen LogP contribution in [0.25, 0.3) is 0 Å². The van der Waals surface area contributed by atoms with E-state index in [1.54, 1.807) is 41.3 Å². The van der Waals surface area contributed by atoms with E-state index in [-0.39, 0.29) is 18.0 Å². The zero-order valence-corrected chi connectivity index (χ0v) is 18.3. The first-order valence-corrected chi connectivity index (χ1v) is 11.1. The molecule has 0 bridgehead atoms. The quantitative estimate of drug-likeness (QED) is 0.430. The first-order valence-electron chi connectivity index (χ1n) is 11.1. The van der Waals surface area contributed by atoms with Gasteiger partial charge in [-0.15, -0.1) is 0 Å². The fourth-order valence-corrected chi connectivity index (χ4v) is 4.03. The number of carbonyl (C=O) groups is 2. The molecule has 7 heteroatoms. The molecule has 0 radical (unpaired) electrons. The Balaban J connectivity index is 1.28. The summed E-state index contributed by atoms with van der Waals surface area (Å²) >= 11 is 0. The van der Waals surface area contributed by atoms with Gasteiger partial charge in [0, 0.05) is 30.2 Å². The van der Waals surface area contributed by atoms with Gasteiger partial charge < -0.3 is 26.0 Å². The number of nitrogens with zero attached hydrogens (tertiary/aromatic N) is 1. The van der Waals surface area contributed by atoms with Crippen LogP contribution in [-0.4, -0.2) is 35.2 Å². The lowest BCUT2D eigenvalue weighted by atomic mass is 9.87. The Morgan fingerprint density at radius 2 is 1.30 bits per heavy atom. The number of amides is 4. The molecule has 0 aliphatic carbocycles. The third-order valence-corrected chi connectivity index (χ3v) is 5.82. The smallest absolute Gasteiger partial charge is 0.323 e. The van der Waals surface area contributed by atoms with Gasteiger partial charge in [-0.25, -0.2) is 9.59 Å². The highest BCUT2D eigenvalue weighted by atomic mass is 16.3. The van der Waals surface area contributed by atoms with Crippen LogP contribution < -0.4 is 16.0 Å². The summed E-state index contributed by atoms with van der Waals surface area (Å²) in [7, 11) is 0. The Kier molecular flexibility index (Phi) is 7.22. The van der Waals surface area contributed by atoms with E-state index in [1.807, 2.05) is 48.5 Å². The largest absolute Gasteiger partial charge is 0.388 e. The standard InChI is InChI=1S/C26H28N4O3/c31-24(19-8-3-1-4-9-19)20-14-16-30(17-15-20)26(33)29-23-13-7-12-22(18-23)28-25(32)27-21-10-5-2-6-11-21/h1-13,18,20,24,31H,14-17H2,(H,29,33)(H2,27,28,32). The molecule has 1 aliphatic rings. The highest BCUT2D eigenvalue weighted by molar-refractivity contribution is 6.00. The fraction of sp³-hybridized carbons (Fsp3) is 0.231. The van der Waals surface area contributed by atoms with Gasteiger partial charge in [-0.1, -0.05) is 54.6 Å². The average molecular weight is 445 g/mol. The fourth-order valence-electron chi connectivity index (χ4n) is 4.03. The van der Waals surface area contributed by atoms with E-state index in [4.69, 9.17) is 0 Å². The molecule has 1 atom stereocenters. The molecule has 1 fully saturated rings. The Hall–Kier alpha value is -3.84. The van der Waals surface area contributed by atoms with Crippen LogP contribution in [-0.2, 0) is 0 Å². The van der Waals surface area contributed by atoms with Crippen molar-refractivity contribution in [2.24, 2.45) is 5.92 Å². The summed E-state index contributed by atoms with van der Waals surface area (Å²) in [6, 6.07) is 25.3. The molecule has 0 spiro atoms. The van der Waals surface area contributed by atoms with Crippen LogP contribution >= 0.6 is 0 Å². The predicted molar refractivity (Wildman–Crippen MR) is 130 cm³/mol. The first kappa shape index (κ1) is 22.4. The van der Waals surface area contributed by atoms with Crippen molar-refractivity contribution in [3.05, 3.63) is 90.5 Å². The zero-order chi connectivity index (χ0) is 23.0. The van der Waals surface area contributed by atoms with E-state index in [2.05, 4.69) is 16.0 Å². The molecule has 3 aromatic carbocycles. The van der Waals surface area contributed by atoms with Gasteiger partial charge in [0.1, 0.15) is 0 Å². The number of aliphatic hydroxyl groups excluding tert-OH is 1. The molecule has 1 unspecified atom stereocenters. The maximum absolute atomic E-state index is 12.7. The van der Waals surface area contributed by atoms with Gasteiger partial charge in [0.25, 0.3) is 0 Å². The van der Waals surface area contributed by atoms with Crippen molar-refractivity contribution in [2.75, 3.05) is 29.0 Å². The number of likely N-dealkylation sites (tertiary alicyclic amines) is 1. The average Bonchev–Trinajstić information content (AvgIpc) is 2.85. The summed E-state index contributed by atoms with van der Waals surface area (Å²) in [5.41, 5.74) is 2.79. The van der Waals surface area contributed by atoms with Gasteiger partial charge in [-0.3, -0.25) is 0 Å². The first-order chi connectivity index (χ1) is 16.1. The van der Waals surface area contributed by atoms with E-state index < -0.39 is 6.10 Å². The molecule has 170 valence electrons. The van der Waals surface area contributed by atoms with Crippen molar-refractivity contribution in [1.82, 2.24) is 4.90 Å². The second-order valence-electron chi connectivity index (χ2n) is 8.14. The minimum atomic E-state index is -0.513. The molecule has 4 rings (SSSR count). The molecule has 0 saturated carbocycles. The van der Waals surface area contributed by atoms with Gasteiger partial charge in [0.2, 0.25) is 0 Å². The lowest BCUT2D eigenvalue weighted by molar-refractivity contribution is 0.0683. The number of hydrogen-bond donors (Lipinski definition) is 4. The molecule has 7 nitrogen and oxygen atoms in total. The number of urea groups is 2. The second-order valence-corrected chi connectivity index (χ2v) is 8.14. The van der Waals surface area contributed by atoms with E-state index >= 15 is 0 Å². The molecule has 33 heavy (non-hydrogen) atoms. The summed E-state index contributed by atoms with van der Waals surface area (Å²) < 4.78 is 0. The normalized spacial score (nSPS) is 14.9. The van der Waals surface area contributed by atoms with Crippen molar-refractivity contribution in [3.8, 4) is 0 Å². The van der Waals surface area contributed by atoms with Gasteiger partial charge in [-0.05, 0) is 54.7 Å². The zero-order valence-electron chi connectivity index (χ0n) is 18.3. The van der Waals surface area contributed by atoms with Crippen LogP contribution in [0.4, 0.5) is 26.7 Å². The van der Waals surface area contributed by atoms with Gasteiger partial charge >= 0.3 is 12.1 Å².